The van der Waals surface area contributed by atoms with Gasteiger partial charge < -0.3 is 15.4 Å². The molecule has 0 aliphatic carbocycles. The van der Waals surface area contributed by atoms with Gasteiger partial charge in [0.1, 0.15) is 5.01 Å². The third-order valence-electron chi connectivity index (χ3n) is 6.41. The summed E-state index contributed by atoms with van der Waals surface area (Å²) in [5.74, 6) is 0.503. The third-order valence-corrected chi connectivity index (χ3v) is 7.31. The molecule has 13 heteroatoms. The van der Waals surface area contributed by atoms with Crippen molar-refractivity contribution in [1.82, 2.24) is 35.2 Å². The first-order valence-electron chi connectivity index (χ1n) is 13.3. The number of unbranched alkanes of at least 4 members (excludes halogenated alkanes) is 1. The van der Waals surface area contributed by atoms with Crippen LogP contribution in [-0.4, -0.2) is 54.1 Å². The number of nitrogens with zero attached hydrogens (tertiary/aromatic N) is 7. The Labute approximate surface area is 235 Å². The summed E-state index contributed by atoms with van der Waals surface area (Å²) in [6.45, 7) is 0.927. The molecule has 12 nitrogen and oxygen atoms in total. The lowest BCUT2D eigenvalue weighted by atomic mass is 10.1. The van der Waals surface area contributed by atoms with Gasteiger partial charge >= 0.3 is 0 Å². The van der Waals surface area contributed by atoms with Gasteiger partial charge in [-0.3, -0.25) is 14.3 Å². The summed E-state index contributed by atoms with van der Waals surface area (Å²) in [5.41, 5.74) is 3.46. The van der Waals surface area contributed by atoms with E-state index in [1.165, 1.54) is 30.6 Å². The van der Waals surface area contributed by atoms with Crippen molar-refractivity contribution in [2.75, 3.05) is 17.7 Å². The molecule has 0 spiro atoms. The van der Waals surface area contributed by atoms with Crippen LogP contribution in [0.2, 0.25) is 0 Å². The Morgan fingerprint density at radius 2 is 1.77 bits per heavy atom. The van der Waals surface area contributed by atoms with E-state index in [9.17, 15) is 9.59 Å². The average Bonchev–Trinajstić information content (AvgIpc) is 3.58. The number of rotatable bonds is 12. The number of aryl methyl sites for hydroxylation is 4. The smallest absolute Gasteiger partial charge is 0.232 e. The van der Waals surface area contributed by atoms with Crippen LogP contribution in [0.3, 0.4) is 0 Å². The van der Waals surface area contributed by atoms with E-state index < -0.39 is 0 Å². The van der Waals surface area contributed by atoms with Crippen molar-refractivity contribution in [3.05, 3.63) is 64.2 Å². The lowest BCUT2D eigenvalue weighted by molar-refractivity contribution is -0.116. The molecule has 208 valence electrons. The number of hydrogen-bond acceptors (Lipinski definition) is 10. The zero-order valence-electron chi connectivity index (χ0n) is 22.3. The fraction of sp³-hybridized carbons (Fsp3) is 0.407. The van der Waals surface area contributed by atoms with Crippen LogP contribution in [0.5, 0.6) is 5.88 Å². The van der Waals surface area contributed by atoms with Gasteiger partial charge in [0.25, 0.3) is 0 Å². The van der Waals surface area contributed by atoms with E-state index in [4.69, 9.17) is 4.74 Å². The molecule has 2 amide bonds. The number of anilines is 2. The molecule has 0 atom stereocenters. The number of methoxy groups -OCH3 is 1. The second kappa shape index (κ2) is 13.2. The minimum absolute atomic E-state index is 0.115. The number of carbonyl (C=O) groups is 2. The molecule has 1 aliphatic rings. The first-order chi connectivity index (χ1) is 19.5. The first kappa shape index (κ1) is 27.3. The zero-order chi connectivity index (χ0) is 27.7. The predicted octanol–water partition coefficient (Wildman–Crippen LogP) is 3.19. The number of aromatic nitrogens is 7. The van der Waals surface area contributed by atoms with E-state index >= 15 is 0 Å². The van der Waals surface area contributed by atoms with E-state index in [0.29, 0.717) is 22.5 Å². The fourth-order valence-electron chi connectivity index (χ4n) is 4.46. The second-order valence-electron chi connectivity index (χ2n) is 9.55. The molecule has 4 aromatic rings. The monoisotopic (exact) mass is 561 g/mol. The van der Waals surface area contributed by atoms with Crippen molar-refractivity contribution in [2.45, 2.75) is 64.3 Å². The van der Waals surface area contributed by atoms with Crippen molar-refractivity contribution in [2.24, 2.45) is 0 Å². The van der Waals surface area contributed by atoms with Gasteiger partial charge in [-0.05, 0) is 62.8 Å². The molecular weight excluding hydrogens is 530 g/mol. The summed E-state index contributed by atoms with van der Waals surface area (Å²) in [6.07, 6.45) is 7.00. The highest BCUT2D eigenvalue weighted by atomic mass is 32.1. The number of fused-ring (bicyclic) bond motifs is 1. The first-order valence-corrected chi connectivity index (χ1v) is 14.2. The maximum absolute atomic E-state index is 12.4. The van der Waals surface area contributed by atoms with E-state index in [2.05, 4.69) is 41.1 Å². The van der Waals surface area contributed by atoms with Gasteiger partial charge in [-0.2, -0.15) is 10.2 Å². The summed E-state index contributed by atoms with van der Waals surface area (Å²) in [7, 11) is 1.53. The highest BCUT2D eigenvalue weighted by molar-refractivity contribution is 7.15. The molecule has 4 aromatic heterocycles. The predicted molar refractivity (Wildman–Crippen MR) is 149 cm³/mol. The molecule has 1 aliphatic heterocycles. The van der Waals surface area contributed by atoms with E-state index in [1.807, 2.05) is 16.8 Å². The summed E-state index contributed by atoms with van der Waals surface area (Å²) in [4.78, 5) is 29.0. The summed E-state index contributed by atoms with van der Waals surface area (Å²) >= 11 is 1.40. The molecule has 0 unspecified atom stereocenters. The van der Waals surface area contributed by atoms with Gasteiger partial charge in [0.05, 0.1) is 37.0 Å². The summed E-state index contributed by atoms with van der Waals surface area (Å²) in [6, 6.07) is 10.9. The minimum Gasteiger partial charge on any atom is -0.481 e. The number of hydrogen-bond donors (Lipinski definition) is 2. The van der Waals surface area contributed by atoms with Gasteiger partial charge in [0.2, 0.25) is 22.8 Å². The van der Waals surface area contributed by atoms with Crippen LogP contribution in [0.1, 0.15) is 53.5 Å². The summed E-state index contributed by atoms with van der Waals surface area (Å²) in [5, 5.41) is 28.2. The highest BCUT2D eigenvalue weighted by Crippen LogP contribution is 2.19. The number of carbonyl (C=O) groups excluding carboxylic acids is 2. The molecule has 0 radical (unpaired) electrons. The molecule has 0 aromatic carbocycles. The molecule has 0 saturated carbocycles. The van der Waals surface area contributed by atoms with Crippen LogP contribution in [0, 0.1) is 0 Å². The minimum atomic E-state index is -0.226. The average molecular weight is 562 g/mol. The van der Waals surface area contributed by atoms with Crippen molar-refractivity contribution in [3.8, 4) is 5.88 Å². The van der Waals surface area contributed by atoms with Gasteiger partial charge in [0, 0.05) is 24.7 Å². The van der Waals surface area contributed by atoms with Crippen molar-refractivity contribution < 1.29 is 14.3 Å². The van der Waals surface area contributed by atoms with Crippen LogP contribution in [-0.2, 0) is 48.2 Å². The van der Waals surface area contributed by atoms with Crippen LogP contribution < -0.4 is 15.4 Å². The van der Waals surface area contributed by atoms with Crippen LogP contribution >= 0.6 is 11.3 Å². The van der Waals surface area contributed by atoms with Gasteiger partial charge in [-0.1, -0.05) is 17.4 Å². The van der Waals surface area contributed by atoms with Crippen molar-refractivity contribution in [1.29, 1.82) is 0 Å². The maximum Gasteiger partial charge on any atom is 0.232 e. The van der Waals surface area contributed by atoms with Gasteiger partial charge in [-0.15, -0.1) is 15.3 Å². The second-order valence-corrected chi connectivity index (χ2v) is 10.6. The maximum atomic E-state index is 12.4. The van der Waals surface area contributed by atoms with Gasteiger partial charge in [0.15, 0.2) is 5.82 Å². The van der Waals surface area contributed by atoms with E-state index in [0.717, 1.165) is 61.5 Å². The molecule has 5 heterocycles. The lowest BCUT2D eigenvalue weighted by Crippen LogP contribution is -2.16. The van der Waals surface area contributed by atoms with Gasteiger partial charge in [-0.25, -0.2) is 4.98 Å². The Kier molecular flexibility index (Phi) is 9.01. The van der Waals surface area contributed by atoms with Crippen LogP contribution in [0.25, 0.3) is 0 Å². The van der Waals surface area contributed by atoms with Crippen molar-refractivity contribution in [3.63, 3.8) is 0 Å². The zero-order valence-corrected chi connectivity index (χ0v) is 23.1. The number of nitrogens with one attached hydrogen (secondary N) is 2. The molecule has 0 bridgehead atoms. The Morgan fingerprint density at radius 1 is 0.925 bits per heavy atom. The molecule has 5 rings (SSSR count). The van der Waals surface area contributed by atoms with Crippen molar-refractivity contribution >= 4 is 34.1 Å². The lowest BCUT2D eigenvalue weighted by Gasteiger charge is -2.11. The van der Waals surface area contributed by atoms with Crippen LogP contribution in [0.4, 0.5) is 10.9 Å². The quantitative estimate of drug-likeness (QED) is 0.249. The summed E-state index contributed by atoms with van der Waals surface area (Å²) < 4.78 is 7.10. The SMILES string of the molecule is COc1cccc(CC(=O)Nc2ccc(CCCCc3nnc(NC(=O)Cc4cc5n(n4)CCCC5)s3)nn2)n1. The Hall–Kier alpha value is -4.26. The molecule has 0 saturated heterocycles. The number of amides is 2. The van der Waals surface area contributed by atoms with Crippen LogP contribution in [0.15, 0.2) is 36.4 Å². The topological polar surface area (TPSA) is 150 Å². The normalized spacial score (nSPS) is 12.5. The fourth-order valence-corrected chi connectivity index (χ4v) is 5.26. The third kappa shape index (κ3) is 7.65. The molecule has 40 heavy (non-hydrogen) atoms. The molecule has 0 fully saturated rings. The largest absolute Gasteiger partial charge is 0.481 e. The Morgan fingerprint density at radius 3 is 2.60 bits per heavy atom. The van der Waals surface area contributed by atoms with E-state index in [-0.39, 0.29) is 24.7 Å². The molecule has 2 N–H and O–H groups in total. The Bertz CT molecular complexity index is 1430. The number of pyridine rings is 1. The number of ether oxygens (including phenoxy) is 1. The van der Waals surface area contributed by atoms with E-state index in [1.54, 1.807) is 24.3 Å². The Balaban J connectivity index is 1.00. The standard InChI is InChI=1S/C27H31N9O3S/c1-39-25-10-6-8-19(28-25)16-23(37)29-22-13-12-18(31-32-22)7-2-3-11-26-33-34-27(40-26)30-24(38)17-20-15-21-9-4-5-14-36(21)35-20/h6,8,10,12-13,15H,2-5,7,9,11,14,16-17H2,1H3,(H,29,32,37)(H,30,34,38). The highest BCUT2D eigenvalue weighted by Gasteiger charge is 2.15. The molecular formula is C27H31N9O3S.